The zero-order valence-electron chi connectivity index (χ0n) is 17.2. The number of amides is 1. The minimum absolute atomic E-state index is 0.0276. The van der Waals surface area contributed by atoms with Crippen LogP contribution in [0.4, 0.5) is 5.69 Å². The van der Waals surface area contributed by atoms with E-state index in [1.165, 1.54) is 11.1 Å². The highest BCUT2D eigenvalue weighted by Crippen LogP contribution is 2.51. The Kier molecular flexibility index (Phi) is 4.29. The lowest BCUT2D eigenvalue weighted by atomic mass is 9.76. The van der Waals surface area contributed by atoms with Crippen molar-refractivity contribution >= 4 is 11.6 Å². The normalized spacial score (nSPS) is 14.6. The molecular formula is C28H23NO. The number of aryl methyl sites for hydroxylation is 2. The molecule has 0 aliphatic carbocycles. The van der Waals surface area contributed by atoms with E-state index in [1.54, 1.807) is 0 Å². The Morgan fingerprint density at radius 1 is 0.633 bits per heavy atom. The van der Waals surface area contributed by atoms with Crippen molar-refractivity contribution in [3.05, 3.63) is 137 Å². The van der Waals surface area contributed by atoms with Crippen molar-refractivity contribution in [3.63, 3.8) is 0 Å². The monoisotopic (exact) mass is 389 g/mol. The molecular weight excluding hydrogens is 366 g/mol. The summed E-state index contributed by atoms with van der Waals surface area (Å²) < 4.78 is 0. The molecule has 0 N–H and O–H groups in total. The molecule has 1 heterocycles. The van der Waals surface area contributed by atoms with E-state index in [1.807, 2.05) is 53.4 Å². The lowest BCUT2D eigenvalue weighted by Gasteiger charge is -2.41. The van der Waals surface area contributed by atoms with Crippen molar-refractivity contribution in [1.29, 1.82) is 0 Å². The summed E-state index contributed by atoms with van der Waals surface area (Å²) in [5.41, 5.74) is 6.47. The third-order valence-electron chi connectivity index (χ3n) is 5.97. The van der Waals surface area contributed by atoms with Crippen LogP contribution in [0.15, 0.2) is 103 Å². The topological polar surface area (TPSA) is 20.3 Å². The van der Waals surface area contributed by atoms with Gasteiger partial charge in [-0.2, -0.15) is 0 Å². The average Bonchev–Trinajstić information content (AvgIpc) is 3.04. The summed E-state index contributed by atoms with van der Waals surface area (Å²) in [6, 6.07) is 35.1. The van der Waals surface area contributed by atoms with Gasteiger partial charge in [-0.15, -0.1) is 0 Å². The second kappa shape index (κ2) is 7.00. The van der Waals surface area contributed by atoms with Crippen molar-refractivity contribution < 1.29 is 4.79 Å². The molecule has 0 atom stereocenters. The minimum atomic E-state index is -0.729. The van der Waals surface area contributed by atoms with Gasteiger partial charge < -0.3 is 0 Å². The maximum Gasteiger partial charge on any atom is 0.260 e. The second-order valence-electron chi connectivity index (χ2n) is 7.97. The van der Waals surface area contributed by atoms with Crippen LogP contribution in [0, 0.1) is 13.8 Å². The molecule has 0 saturated carbocycles. The standard InChI is InChI=1S/C28H23NO/c1-20-10-8-12-22(18-20)28(23-13-9-11-21(2)19-23)26-17-7-6-16-25(26)27(30)29(28)24-14-4-3-5-15-24/h3-19H,1-2H3. The molecule has 0 radical (unpaired) electrons. The van der Waals surface area contributed by atoms with Crippen molar-refractivity contribution in [1.82, 2.24) is 0 Å². The van der Waals surface area contributed by atoms with E-state index in [9.17, 15) is 4.79 Å². The third-order valence-corrected chi connectivity index (χ3v) is 5.97. The van der Waals surface area contributed by atoms with Crippen LogP contribution in [0.2, 0.25) is 0 Å². The van der Waals surface area contributed by atoms with Crippen molar-refractivity contribution in [2.24, 2.45) is 0 Å². The molecule has 1 amide bonds. The lowest BCUT2D eigenvalue weighted by molar-refractivity contribution is 0.0986. The third kappa shape index (κ3) is 2.61. The molecule has 0 aromatic heterocycles. The highest BCUT2D eigenvalue weighted by Gasteiger charge is 2.52. The van der Waals surface area contributed by atoms with Gasteiger partial charge in [-0.25, -0.2) is 0 Å². The van der Waals surface area contributed by atoms with E-state index >= 15 is 0 Å². The number of hydrogen-bond acceptors (Lipinski definition) is 1. The van der Waals surface area contributed by atoms with E-state index in [0.29, 0.717) is 0 Å². The van der Waals surface area contributed by atoms with Gasteiger partial charge in [0.25, 0.3) is 5.91 Å². The number of benzene rings is 4. The summed E-state index contributed by atoms with van der Waals surface area (Å²) >= 11 is 0. The van der Waals surface area contributed by atoms with Gasteiger partial charge in [0.15, 0.2) is 0 Å². The molecule has 0 saturated heterocycles. The summed E-state index contributed by atoms with van der Waals surface area (Å²) in [5, 5.41) is 0. The molecule has 5 rings (SSSR count). The molecule has 0 bridgehead atoms. The van der Waals surface area contributed by atoms with Crippen molar-refractivity contribution in [3.8, 4) is 0 Å². The minimum Gasteiger partial charge on any atom is -0.290 e. The van der Waals surface area contributed by atoms with Crippen molar-refractivity contribution in [2.45, 2.75) is 19.4 Å². The molecule has 4 aromatic rings. The smallest absolute Gasteiger partial charge is 0.260 e. The predicted octanol–water partition coefficient (Wildman–Crippen LogP) is 6.26. The van der Waals surface area contributed by atoms with Gasteiger partial charge in [-0.1, -0.05) is 96.1 Å². The van der Waals surface area contributed by atoms with Crippen LogP contribution in [0.5, 0.6) is 0 Å². The molecule has 2 nitrogen and oxygen atoms in total. The first kappa shape index (κ1) is 18.4. The van der Waals surface area contributed by atoms with Crippen LogP contribution in [0.3, 0.4) is 0 Å². The van der Waals surface area contributed by atoms with Crippen molar-refractivity contribution in [2.75, 3.05) is 4.90 Å². The lowest BCUT2D eigenvalue weighted by Crippen LogP contribution is -2.46. The molecule has 30 heavy (non-hydrogen) atoms. The summed E-state index contributed by atoms with van der Waals surface area (Å²) in [5.74, 6) is 0.0276. The zero-order chi connectivity index (χ0) is 20.7. The Hall–Kier alpha value is -3.65. The molecule has 0 fully saturated rings. The van der Waals surface area contributed by atoms with Crippen LogP contribution in [-0.2, 0) is 5.54 Å². The van der Waals surface area contributed by atoms with E-state index in [0.717, 1.165) is 27.9 Å². The molecule has 2 heteroatoms. The molecule has 146 valence electrons. The first-order valence-electron chi connectivity index (χ1n) is 10.3. The zero-order valence-corrected chi connectivity index (χ0v) is 17.2. The van der Waals surface area contributed by atoms with Crippen LogP contribution in [0.1, 0.15) is 38.2 Å². The summed E-state index contributed by atoms with van der Waals surface area (Å²) in [6.07, 6.45) is 0. The Labute approximate surface area is 177 Å². The van der Waals surface area contributed by atoms with Gasteiger partial charge in [-0.3, -0.25) is 9.69 Å². The van der Waals surface area contributed by atoms with Crippen LogP contribution < -0.4 is 4.90 Å². The maximum atomic E-state index is 13.9. The number of hydrogen-bond donors (Lipinski definition) is 0. The first-order chi connectivity index (χ1) is 14.6. The number of rotatable bonds is 3. The van der Waals surface area contributed by atoms with Gasteiger partial charge in [0, 0.05) is 11.3 Å². The SMILES string of the molecule is Cc1cccc(C2(c3cccc(C)c3)c3ccccc3C(=O)N2c2ccccc2)c1. The van der Waals surface area contributed by atoms with Crippen LogP contribution in [0.25, 0.3) is 0 Å². The highest BCUT2D eigenvalue weighted by molar-refractivity contribution is 6.13. The van der Waals surface area contributed by atoms with Crippen LogP contribution >= 0.6 is 0 Å². The number of carbonyl (C=O) groups is 1. The summed E-state index contributed by atoms with van der Waals surface area (Å²) in [4.78, 5) is 15.8. The fraction of sp³-hybridized carbons (Fsp3) is 0.107. The quantitative estimate of drug-likeness (QED) is 0.405. The van der Waals surface area contributed by atoms with E-state index in [4.69, 9.17) is 0 Å². The number of para-hydroxylation sites is 1. The first-order valence-corrected chi connectivity index (χ1v) is 10.3. The van der Waals surface area contributed by atoms with Gasteiger partial charge in [0.2, 0.25) is 0 Å². The Morgan fingerprint density at radius 2 is 1.20 bits per heavy atom. The fourth-order valence-corrected chi connectivity index (χ4v) is 4.74. The Bertz CT molecular complexity index is 1200. The van der Waals surface area contributed by atoms with Gasteiger partial charge >= 0.3 is 0 Å². The summed E-state index contributed by atoms with van der Waals surface area (Å²) in [7, 11) is 0. The number of fused-ring (bicyclic) bond motifs is 1. The van der Waals surface area contributed by atoms with E-state index < -0.39 is 5.54 Å². The number of carbonyl (C=O) groups excluding carboxylic acids is 1. The molecule has 0 unspecified atom stereocenters. The average molecular weight is 389 g/mol. The largest absolute Gasteiger partial charge is 0.290 e. The van der Waals surface area contributed by atoms with Gasteiger partial charge in [0.1, 0.15) is 5.54 Å². The summed E-state index contributed by atoms with van der Waals surface area (Å²) in [6.45, 7) is 4.20. The maximum absolute atomic E-state index is 13.9. The van der Waals surface area contributed by atoms with Gasteiger partial charge in [0.05, 0.1) is 0 Å². The molecule has 4 aromatic carbocycles. The highest BCUT2D eigenvalue weighted by atomic mass is 16.2. The van der Waals surface area contributed by atoms with Gasteiger partial charge in [-0.05, 0) is 48.7 Å². The Balaban J connectivity index is 1.95. The Morgan fingerprint density at radius 3 is 1.80 bits per heavy atom. The molecule has 1 aliphatic rings. The molecule has 0 spiro atoms. The van der Waals surface area contributed by atoms with Crippen LogP contribution in [-0.4, -0.2) is 5.91 Å². The van der Waals surface area contributed by atoms with E-state index in [-0.39, 0.29) is 5.91 Å². The van der Waals surface area contributed by atoms with E-state index in [2.05, 4.69) is 68.4 Å². The number of anilines is 1. The molecule has 1 aliphatic heterocycles. The number of nitrogens with zero attached hydrogens (tertiary/aromatic N) is 1. The fourth-order valence-electron chi connectivity index (χ4n) is 4.74. The second-order valence-corrected chi connectivity index (χ2v) is 7.97. The predicted molar refractivity (Wildman–Crippen MR) is 122 cm³/mol.